The van der Waals surface area contributed by atoms with Crippen molar-refractivity contribution in [2.75, 3.05) is 18.1 Å². The Balaban J connectivity index is 2.69. The van der Waals surface area contributed by atoms with Gasteiger partial charge in [0, 0.05) is 12.0 Å². The van der Waals surface area contributed by atoms with Gasteiger partial charge in [-0.25, -0.2) is 4.98 Å². The molecule has 4 N–H and O–H groups in total. The van der Waals surface area contributed by atoms with Gasteiger partial charge in [0.25, 0.3) is 0 Å². The van der Waals surface area contributed by atoms with Crippen molar-refractivity contribution in [2.45, 2.75) is 6.42 Å². The summed E-state index contributed by atoms with van der Waals surface area (Å²) < 4.78 is 12.6. The van der Waals surface area contributed by atoms with Crippen LogP contribution < -0.4 is 11.5 Å². The largest absolute Gasteiger partial charge is 0.382 e. The molecule has 0 spiro atoms. The van der Waals surface area contributed by atoms with E-state index in [4.69, 9.17) is 16.7 Å². The number of aromatic nitrogens is 2. The highest BCUT2D eigenvalue weighted by Gasteiger charge is 2.15. The number of hydrogen-bond donors (Lipinski definition) is 2. The Hall–Kier alpha value is -2.68. The molecule has 19 heavy (non-hydrogen) atoms. The van der Waals surface area contributed by atoms with E-state index in [1.807, 2.05) is 6.07 Å². The first-order valence-corrected chi connectivity index (χ1v) is 5.64. The van der Waals surface area contributed by atoms with E-state index in [-0.39, 0.29) is 23.8 Å². The molecule has 1 aromatic carbocycles. The van der Waals surface area contributed by atoms with Gasteiger partial charge in [0.05, 0.1) is 12.4 Å². The zero-order valence-electron chi connectivity index (χ0n) is 10.1. The first kappa shape index (κ1) is 12.8. The zero-order chi connectivity index (χ0) is 13.8. The smallest absolute Gasteiger partial charge is 0.222 e. The van der Waals surface area contributed by atoms with Gasteiger partial charge in [0.15, 0.2) is 0 Å². The van der Waals surface area contributed by atoms with Crippen LogP contribution in [0.5, 0.6) is 0 Å². The molecule has 96 valence electrons. The molecule has 1 heterocycles. The third kappa shape index (κ3) is 2.45. The molecule has 0 radical (unpaired) electrons. The van der Waals surface area contributed by atoms with Crippen LogP contribution in [0.25, 0.3) is 11.3 Å². The van der Waals surface area contributed by atoms with Crippen LogP contribution in [0, 0.1) is 11.3 Å². The lowest BCUT2D eigenvalue weighted by molar-refractivity contribution is 0.495. The minimum atomic E-state index is -0.491. The van der Waals surface area contributed by atoms with E-state index in [1.54, 1.807) is 24.3 Å². The van der Waals surface area contributed by atoms with E-state index in [0.29, 0.717) is 11.3 Å². The minimum Gasteiger partial charge on any atom is -0.382 e. The van der Waals surface area contributed by atoms with E-state index in [0.717, 1.165) is 5.56 Å². The number of nitrogen functional groups attached to an aromatic ring is 2. The number of nitriles is 1. The van der Waals surface area contributed by atoms with Crippen molar-refractivity contribution in [2.24, 2.45) is 0 Å². The molecule has 0 aliphatic rings. The van der Waals surface area contributed by atoms with Gasteiger partial charge in [-0.3, -0.25) is 4.39 Å². The molecule has 5 nitrogen and oxygen atoms in total. The summed E-state index contributed by atoms with van der Waals surface area (Å²) in [5.74, 6) is 0.0154. The van der Waals surface area contributed by atoms with Crippen molar-refractivity contribution in [3.63, 3.8) is 0 Å². The molecule has 0 atom stereocenters. The van der Waals surface area contributed by atoms with Crippen LogP contribution in [0.4, 0.5) is 16.2 Å². The highest BCUT2D eigenvalue weighted by Crippen LogP contribution is 2.28. The van der Waals surface area contributed by atoms with Crippen LogP contribution in [0.15, 0.2) is 24.3 Å². The normalized spacial score (nSPS) is 10.1. The number of benzene rings is 1. The average molecular weight is 257 g/mol. The standard InChI is InChI=1S/C13H12FN5/c14-6-5-8-3-1-2-4-9(8)11-10(7-15)12(16)19-13(17)18-11/h1-4H,5-6H2,(H4,16,17,18,19). The molecule has 0 saturated carbocycles. The third-order valence-electron chi connectivity index (χ3n) is 2.70. The Morgan fingerprint density at radius 1 is 1.21 bits per heavy atom. The Morgan fingerprint density at radius 3 is 2.63 bits per heavy atom. The maximum atomic E-state index is 12.6. The lowest BCUT2D eigenvalue weighted by Crippen LogP contribution is -2.06. The maximum absolute atomic E-state index is 12.6. The third-order valence-corrected chi connectivity index (χ3v) is 2.70. The van der Waals surface area contributed by atoms with Crippen LogP contribution in [0.2, 0.25) is 0 Å². The number of hydrogen-bond acceptors (Lipinski definition) is 5. The molecule has 0 bridgehead atoms. The molecule has 2 aromatic rings. The lowest BCUT2D eigenvalue weighted by Gasteiger charge is -2.10. The van der Waals surface area contributed by atoms with E-state index in [9.17, 15) is 4.39 Å². The molecule has 2 rings (SSSR count). The van der Waals surface area contributed by atoms with Gasteiger partial charge in [-0.05, 0) is 5.56 Å². The van der Waals surface area contributed by atoms with Crippen LogP contribution in [-0.4, -0.2) is 16.6 Å². The van der Waals surface area contributed by atoms with Gasteiger partial charge in [-0.15, -0.1) is 0 Å². The predicted octanol–water partition coefficient (Wildman–Crippen LogP) is 1.69. The summed E-state index contributed by atoms with van der Waals surface area (Å²) in [6.45, 7) is -0.491. The maximum Gasteiger partial charge on any atom is 0.222 e. The Labute approximate surface area is 109 Å². The van der Waals surface area contributed by atoms with Crippen molar-refractivity contribution in [1.82, 2.24) is 9.97 Å². The summed E-state index contributed by atoms with van der Waals surface area (Å²) >= 11 is 0. The molecule has 0 aliphatic carbocycles. The van der Waals surface area contributed by atoms with Crippen molar-refractivity contribution < 1.29 is 4.39 Å². The fourth-order valence-electron chi connectivity index (χ4n) is 1.87. The van der Waals surface area contributed by atoms with Crippen molar-refractivity contribution >= 4 is 11.8 Å². The molecule has 0 amide bonds. The quantitative estimate of drug-likeness (QED) is 0.871. The second-order valence-corrected chi connectivity index (χ2v) is 3.90. The summed E-state index contributed by atoms with van der Waals surface area (Å²) in [5.41, 5.74) is 13.1. The highest BCUT2D eigenvalue weighted by atomic mass is 19.1. The summed E-state index contributed by atoms with van der Waals surface area (Å²) in [7, 11) is 0. The van der Waals surface area contributed by atoms with E-state index < -0.39 is 6.67 Å². The second kappa shape index (κ2) is 5.31. The Kier molecular flexibility index (Phi) is 3.57. The first-order chi connectivity index (χ1) is 9.17. The summed E-state index contributed by atoms with van der Waals surface area (Å²) in [4.78, 5) is 7.81. The van der Waals surface area contributed by atoms with Crippen molar-refractivity contribution in [3.05, 3.63) is 35.4 Å². The van der Waals surface area contributed by atoms with Crippen molar-refractivity contribution in [1.29, 1.82) is 5.26 Å². The Morgan fingerprint density at radius 2 is 1.95 bits per heavy atom. The second-order valence-electron chi connectivity index (χ2n) is 3.90. The molecule has 0 saturated heterocycles. The minimum absolute atomic E-state index is 0.0125. The van der Waals surface area contributed by atoms with E-state index in [1.165, 1.54) is 0 Å². The summed E-state index contributed by atoms with van der Waals surface area (Å²) in [6.07, 6.45) is 0.241. The number of nitrogens with zero attached hydrogens (tertiary/aromatic N) is 3. The highest BCUT2D eigenvalue weighted by molar-refractivity contribution is 5.75. The Bertz CT molecular complexity index is 648. The van der Waals surface area contributed by atoms with E-state index >= 15 is 0 Å². The van der Waals surface area contributed by atoms with Gasteiger partial charge in [-0.1, -0.05) is 24.3 Å². The van der Waals surface area contributed by atoms with Gasteiger partial charge in [0.1, 0.15) is 17.5 Å². The number of nitrogens with two attached hydrogens (primary N) is 2. The monoisotopic (exact) mass is 257 g/mol. The van der Waals surface area contributed by atoms with E-state index in [2.05, 4.69) is 9.97 Å². The number of aryl methyl sites for hydroxylation is 1. The topological polar surface area (TPSA) is 102 Å². The van der Waals surface area contributed by atoms with Crippen molar-refractivity contribution in [3.8, 4) is 17.3 Å². The SMILES string of the molecule is N#Cc1c(N)nc(N)nc1-c1ccccc1CCF. The van der Waals surface area contributed by atoms with Crippen LogP contribution in [-0.2, 0) is 6.42 Å². The molecule has 0 unspecified atom stereocenters. The first-order valence-electron chi connectivity index (χ1n) is 5.64. The van der Waals surface area contributed by atoms with Crippen LogP contribution >= 0.6 is 0 Å². The molecule has 6 heteroatoms. The average Bonchev–Trinajstić information content (AvgIpc) is 2.39. The molecular weight excluding hydrogens is 245 g/mol. The predicted molar refractivity (Wildman–Crippen MR) is 70.7 cm³/mol. The number of halogens is 1. The van der Waals surface area contributed by atoms with Gasteiger partial charge < -0.3 is 11.5 Å². The molecule has 1 aromatic heterocycles. The molecule has 0 fully saturated rings. The lowest BCUT2D eigenvalue weighted by atomic mass is 9.99. The summed E-state index contributed by atoms with van der Waals surface area (Å²) in [6, 6.07) is 9.08. The molecule has 0 aliphatic heterocycles. The van der Waals surface area contributed by atoms with Gasteiger partial charge in [-0.2, -0.15) is 10.2 Å². The van der Waals surface area contributed by atoms with Gasteiger partial charge in [0.2, 0.25) is 5.95 Å². The fourth-order valence-corrected chi connectivity index (χ4v) is 1.87. The number of anilines is 2. The van der Waals surface area contributed by atoms with Crippen LogP contribution in [0.1, 0.15) is 11.1 Å². The zero-order valence-corrected chi connectivity index (χ0v) is 10.1. The van der Waals surface area contributed by atoms with Crippen LogP contribution in [0.3, 0.4) is 0 Å². The fraction of sp³-hybridized carbons (Fsp3) is 0.154. The number of rotatable bonds is 3. The molecular formula is C13H12FN5. The summed E-state index contributed by atoms with van der Waals surface area (Å²) in [5, 5.41) is 9.15. The number of alkyl halides is 1. The van der Waals surface area contributed by atoms with Gasteiger partial charge >= 0.3 is 0 Å².